The normalized spacial score (nSPS) is 17.2. The molecule has 11 heteroatoms. The van der Waals surface area contributed by atoms with E-state index in [9.17, 15) is 19.5 Å². The zero-order valence-electron chi connectivity index (χ0n) is 19.2. The number of aryl methyl sites for hydroxylation is 1. The van der Waals surface area contributed by atoms with E-state index in [1.54, 1.807) is 43.3 Å². The molecule has 0 radical (unpaired) electrons. The minimum Gasteiger partial charge on any atom is -0.457 e. The van der Waals surface area contributed by atoms with E-state index >= 15 is 0 Å². The third-order valence-corrected chi connectivity index (χ3v) is 5.45. The summed E-state index contributed by atoms with van der Waals surface area (Å²) in [5, 5.41) is 19.1. The number of ether oxygens (including phenoxy) is 1. The molecule has 0 spiro atoms. The molecule has 35 heavy (non-hydrogen) atoms. The zero-order valence-corrected chi connectivity index (χ0v) is 19.2. The number of aliphatic hydroxyl groups is 1. The molecule has 0 bridgehead atoms. The molecule has 182 valence electrons. The maximum Gasteiger partial charge on any atom is 0.269 e. The average molecular weight is 479 g/mol. The van der Waals surface area contributed by atoms with E-state index in [2.05, 4.69) is 20.8 Å². The number of rotatable bonds is 7. The van der Waals surface area contributed by atoms with Crippen molar-refractivity contribution in [2.24, 2.45) is 0 Å². The highest BCUT2D eigenvalue weighted by Gasteiger charge is 2.39. The third-order valence-electron chi connectivity index (χ3n) is 5.45. The van der Waals surface area contributed by atoms with Gasteiger partial charge < -0.3 is 29.9 Å². The van der Waals surface area contributed by atoms with Gasteiger partial charge in [-0.15, -0.1) is 0 Å². The van der Waals surface area contributed by atoms with Crippen LogP contribution in [0.4, 0.5) is 5.69 Å². The van der Waals surface area contributed by atoms with Gasteiger partial charge in [0.15, 0.2) is 0 Å². The molecule has 3 aromatic rings. The molecule has 11 nitrogen and oxygen atoms in total. The highest BCUT2D eigenvalue weighted by atomic mass is 16.5. The molecule has 1 aromatic carbocycles. The van der Waals surface area contributed by atoms with Crippen molar-refractivity contribution in [3.05, 3.63) is 65.8 Å². The largest absolute Gasteiger partial charge is 0.457 e. The second kappa shape index (κ2) is 10.3. The van der Waals surface area contributed by atoms with Crippen LogP contribution in [-0.4, -0.2) is 63.6 Å². The SMILES string of the molecule is CNC(=O)c1cc(Oc2ccc(NC(=O)[C@@H]3C[C@@H](O)CN3C(=O)Cc3cc(C)no3)cc2)ccn1. The number of aromatic nitrogens is 2. The van der Waals surface area contributed by atoms with E-state index < -0.39 is 18.1 Å². The summed E-state index contributed by atoms with van der Waals surface area (Å²) in [5.41, 5.74) is 1.39. The van der Waals surface area contributed by atoms with Crippen molar-refractivity contribution in [3.63, 3.8) is 0 Å². The maximum absolute atomic E-state index is 12.9. The summed E-state index contributed by atoms with van der Waals surface area (Å²) in [4.78, 5) is 42.7. The number of nitrogens with one attached hydrogen (secondary N) is 2. The average Bonchev–Trinajstić information content (AvgIpc) is 3.45. The first-order valence-electron chi connectivity index (χ1n) is 11.0. The molecular weight excluding hydrogens is 454 g/mol. The van der Waals surface area contributed by atoms with Crippen molar-refractivity contribution in [1.29, 1.82) is 0 Å². The predicted molar refractivity (Wildman–Crippen MR) is 124 cm³/mol. The van der Waals surface area contributed by atoms with E-state index in [-0.39, 0.29) is 36.9 Å². The van der Waals surface area contributed by atoms with E-state index in [1.165, 1.54) is 24.2 Å². The van der Waals surface area contributed by atoms with Crippen molar-refractivity contribution in [3.8, 4) is 11.5 Å². The number of nitrogens with zero attached hydrogens (tertiary/aromatic N) is 3. The Hall–Kier alpha value is -4.25. The predicted octanol–water partition coefficient (Wildman–Crippen LogP) is 1.67. The Morgan fingerprint density at radius 1 is 1.17 bits per heavy atom. The molecule has 3 heterocycles. The lowest BCUT2D eigenvalue weighted by Crippen LogP contribution is -2.43. The lowest BCUT2D eigenvalue weighted by molar-refractivity contribution is -0.136. The van der Waals surface area contributed by atoms with Crippen LogP contribution in [0.25, 0.3) is 0 Å². The molecule has 1 fully saturated rings. The molecule has 0 unspecified atom stereocenters. The summed E-state index contributed by atoms with van der Waals surface area (Å²) >= 11 is 0. The number of pyridine rings is 1. The molecule has 0 aliphatic carbocycles. The number of hydrogen-bond acceptors (Lipinski definition) is 8. The quantitative estimate of drug-likeness (QED) is 0.464. The third kappa shape index (κ3) is 5.82. The Bertz CT molecular complexity index is 1230. The number of hydrogen-bond donors (Lipinski definition) is 3. The molecule has 2 atom stereocenters. The van der Waals surface area contributed by atoms with Gasteiger partial charge in [0.2, 0.25) is 11.8 Å². The summed E-state index contributed by atoms with van der Waals surface area (Å²) < 4.78 is 10.9. The lowest BCUT2D eigenvalue weighted by atomic mass is 10.1. The number of aliphatic hydroxyl groups excluding tert-OH is 1. The van der Waals surface area contributed by atoms with Gasteiger partial charge in [-0.3, -0.25) is 19.4 Å². The maximum atomic E-state index is 12.9. The van der Waals surface area contributed by atoms with Crippen LogP contribution >= 0.6 is 0 Å². The van der Waals surface area contributed by atoms with Crippen molar-refractivity contribution >= 4 is 23.4 Å². The van der Waals surface area contributed by atoms with Crippen LogP contribution in [0.1, 0.15) is 28.4 Å². The molecule has 2 aromatic heterocycles. The van der Waals surface area contributed by atoms with Crippen molar-refractivity contribution in [2.75, 3.05) is 18.9 Å². The monoisotopic (exact) mass is 479 g/mol. The van der Waals surface area contributed by atoms with Crippen LogP contribution in [0.2, 0.25) is 0 Å². The second-order valence-corrected chi connectivity index (χ2v) is 8.13. The van der Waals surface area contributed by atoms with Crippen LogP contribution in [0.15, 0.2) is 53.2 Å². The number of carbonyl (C=O) groups is 3. The zero-order chi connectivity index (χ0) is 24.9. The molecule has 1 aliphatic heterocycles. The summed E-state index contributed by atoms with van der Waals surface area (Å²) in [5.74, 6) is 0.282. The fourth-order valence-electron chi connectivity index (χ4n) is 3.78. The molecule has 4 rings (SSSR count). The van der Waals surface area contributed by atoms with Gasteiger partial charge in [-0.05, 0) is 37.3 Å². The Balaban J connectivity index is 1.38. The van der Waals surface area contributed by atoms with E-state index in [0.29, 0.717) is 28.6 Å². The Morgan fingerprint density at radius 2 is 1.94 bits per heavy atom. The lowest BCUT2D eigenvalue weighted by Gasteiger charge is -2.23. The Labute approximate surface area is 201 Å². The molecule has 3 N–H and O–H groups in total. The molecule has 1 saturated heterocycles. The van der Waals surface area contributed by atoms with Gasteiger partial charge in [0.1, 0.15) is 29.0 Å². The minimum absolute atomic E-state index is 0.0417. The molecule has 3 amide bonds. The van der Waals surface area contributed by atoms with Gasteiger partial charge in [-0.1, -0.05) is 5.16 Å². The highest BCUT2D eigenvalue weighted by Crippen LogP contribution is 2.25. The topological polar surface area (TPSA) is 147 Å². The fraction of sp³-hybridized carbons (Fsp3) is 0.292. The number of benzene rings is 1. The first kappa shape index (κ1) is 23.9. The smallest absolute Gasteiger partial charge is 0.269 e. The van der Waals surface area contributed by atoms with Crippen molar-refractivity contribution in [2.45, 2.75) is 31.9 Å². The number of carbonyl (C=O) groups excluding carboxylic acids is 3. The van der Waals surface area contributed by atoms with Crippen LogP contribution in [0.5, 0.6) is 11.5 Å². The van der Waals surface area contributed by atoms with Gasteiger partial charge in [-0.2, -0.15) is 0 Å². The van der Waals surface area contributed by atoms with E-state index in [0.717, 1.165) is 0 Å². The van der Waals surface area contributed by atoms with Gasteiger partial charge in [-0.25, -0.2) is 0 Å². The summed E-state index contributed by atoms with van der Waals surface area (Å²) in [7, 11) is 1.52. The Kier molecular flexibility index (Phi) is 7.06. The first-order valence-corrected chi connectivity index (χ1v) is 11.0. The van der Waals surface area contributed by atoms with Gasteiger partial charge in [0, 0.05) is 44.0 Å². The van der Waals surface area contributed by atoms with Gasteiger partial charge in [0.25, 0.3) is 5.91 Å². The van der Waals surface area contributed by atoms with E-state index in [4.69, 9.17) is 9.26 Å². The van der Waals surface area contributed by atoms with Crippen LogP contribution in [-0.2, 0) is 16.0 Å². The summed E-state index contributed by atoms with van der Waals surface area (Å²) in [6, 6.07) is 10.6. The number of amides is 3. The number of anilines is 1. The van der Waals surface area contributed by atoms with Gasteiger partial charge >= 0.3 is 0 Å². The minimum atomic E-state index is -0.808. The van der Waals surface area contributed by atoms with Crippen molar-refractivity contribution in [1.82, 2.24) is 20.4 Å². The van der Waals surface area contributed by atoms with Crippen LogP contribution in [0, 0.1) is 6.92 Å². The highest BCUT2D eigenvalue weighted by molar-refractivity contribution is 5.98. The van der Waals surface area contributed by atoms with Crippen molar-refractivity contribution < 1.29 is 28.8 Å². The van der Waals surface area contributed by atoms with Crippen LogP contribution in [0.3, 0.4) is 0 Å². The molecular formula is C24H25N5O6. The number of β-amino-alcohol motifs (C(OH)–C–C–N with tert-alkyl or cyclic N) is 1. The van der Waals surface area contributed by atoms with E-state index in [1.807, 2.05) is 0 Å². The second-order valence-electron chi connectivity index (χ2n) is 8.13. The summed E-state index contributed by atoms with van der Waals surface area (Å²) in [6.45, 7) is 1.82. The van der Waals surface area contributed by atoms with Crippen LogP contribution < -0.4 is 15.4 Å². The van der Waals surface area contributed by atoms with Gasteiger partial charge in [0.05, 0.1) is 18.2 Å². The summed E-state index contributed by atoms with van der Waals surface area (Å²) in [6.07, 6.45) is 0.785. The molecule has 1 aliphatic rings. The number of likely N-dealkylation sites (tertiary alicyclic amines) is 1. The standard InChI is InChI=1S/C24H25N5O6/c1-14-9-19(35-28-14)12-22(31)29-13-16(30)10-21(29)24(33)27-15-3-5-17(6-4-15)34-18-7-8-26-20(11-18)23(32)25-2/h3-9,11,16,21,30H,10,12-13H2,1-2H3,(H,25,32)(H,27,33)/t16-,21+/m1/s1. The first-order chi connectivity index (χ1) is 16.8. The Morgan fingerprint density at radius 3 is 2.63 bits per heavy atom. The fourth-order valence-corrected chi connectivity index (χ4v) is 3.78. The molecule has 0 saturated carbocycles.